The largest absolute Gasteiger partial charge is 0.573 e. The Bertz CT molecular complexity index is 620. The lowest BCUT2D eigenvalue weighted by molar-refractivity contribution is -0.274. The van der Waals surface area contributed by atoms with Gasteiger partial charge in [0.15, 0.2) is 16.5 Å². The summed E-state index contributed by atoms with van der Waals surface area (Å²) in [4.78, 5) is 3.21. The molecule has 0 aliphatic rings. The number of anilines is 1. The van der Waals surface area contributed by atoms with E-state index >= 15 is 0 Å². The van der Waals surface area contributed by atoms with Gasteiger partial charge in [-0.15, -0.1) is 13.2 Å². The number of alkyl halides is 3. The van der Waals surface area contributed by atoms with Gasteiger partial charge in [0.25, 0.3) is 10.0 Å². The highest BCUT2D eigenvalue weighted by atomic mass is 32.2. The van der Waals surface area contributed by atoms with Crippen molar-refractivity contribution in [3.63, 3.8) is 0 Å². The summed E-state index contributed by atoms with van der Waals surface area (Å²) in [7, 11) is -4.40. The fourth-order valence-corrected chi connectivity index (χ4v) is 1.44. The molecular formula is C7H5F3N4O3S. The van der Waals surface area contributed by atoms with Crippen molar-refractivity contribution in [3.8, 4) is 11.8 Å². The van der Waals surface area contributed by atoms with Crippen LogP contribution in [-0.4, -0.2) is 19.8 Å². The molecule has 0 saturated heterocycles. The van der Waals surface area contributed by atoms with Crippen LogP contribution in [0.5, 0.6) is 5.75 Å². The van der Waals surface area contributed by atoms with Crippen LogP contribution in [0.4, 0.5) is 18.9 Å². The first kappa shape index (κ1) is 14.0. The van der Waals surface area contributed by atoms with Crippen LogP contribution in [0, 0.1) is 11.3 Å². The van der Waals surface area contributed by atoms with Crippen molar-refractivity contribution in [2.75, 3.05) is 5.73 Å². The van der Waals surface area contributed by atoms with E-state index in [-0.39, 0.29) is 0 Å². The van der Waals surface area contributed by atoms with Gasteiger partial charge in [0.2, 0.25) is 0 Å². The lowest BCUT2D eigenvalue weighted by Gasteiger charge is -2.12. The zero-order valence-electron chi connectivity index (χ0n) is 8.39. The molecule has 0 radical (unpaired) electrons. The second-order valence-corrected chi connectivity index (χ2v) is 4.43. The van der Waals surface area contributed by atoms with E-state index in [0.29, 0.717) is 6.07 Å². The topological polar surface area (TPSA) is 132 Å². The maximum Gasteiger partial charge on any atom is 0.573 e. The number of sulfonamides is 1. The van der Waals surface area contributed by atoms with Crippen molar-refractivity contribution in [3.05, 3.63) is 11.8 Å². The van der Waals surface area contributed by atoms with Crippen LogP contribution in [-0.2, 0) is 10.0 Å². The van der Waals surface area contributed by atoms with Crippen LogP contribution in [0.1, 0.15) is 5.69 Å². The fraction of sp³-hybridized carbons (Fsp3) is 0.143. The number of ether oxygens (including phenoxy) is 1. The number of primary sulfonamides is 1. The average Bonchev–Trinajstić information content (AvgIpc) is 2.17. The van der Waals surface area contributed by atoms with Gasteiger partial charge in [0, 0.05) is 6.07 Å². The number of nitrogens with zero attached hydrogens (tertiary/aromatic N) is 2. The first-order valence-electron chi connectivity index (χ1n) is 4.04. The maximum atomic E-state index is 12.0. The van der Waals surface area contributed by atoms with Crippen molar-refractivity contribution >= 4 is 15.7 Å². The van der Waals surface area contributed by atoms with E-state index in [1.807, 2.05) is 0 Å². The highest BCUT2D eigenvalue weighted by Crippen LogP contribution is 2.31. The molecule has 98 valence electrons. The molecule has 1 aromatic heterocycles. The molecule has 4 N–H and O–H groups in total. The van der Waals surface area contributed by atoms with Gasteiger partial charge in [-0.1, -0.05) is 0 Å². The summed E-state index contributed by atoms with van der Waals surface area (Å²) in [6.45, 7) is 0. The Labute approximate surface area is 98.8 Å². The van der Waals surface area contributed by atoms with E-state index in [0.717, 1.165) is 0 Å². The van der Waals surface area contributed by atoms with E-state index in [1.54, 1.807) is 0 Å². The third-order valence-corrected chi connectivity index (χ3v) is 2.41. The molecule has 1 rings (SSSR count). The molecule has 7 nitrogen and oxygen atoms in total. The van der Waals surface area contributed by atoms with E-state index in [1.165, 1.54) is 6.07 Å². The lowest BCUT2D eigenvalue weighted by atomic mass is 10.3. The molecule has 0 amide bonds. The van der Waals surface area contributed by atoms with Crippen molar-refractivity contribution in [2.45, 2.75) is 11.4 Å². The molecular weight excluding hydrogens is 277 g/mol. The summed E-state index contributed by atoms with van der Waals surface area (Å²) in [6, 6.07) is 1.72. The Morgan fingerprint density at radius 1 is 1.44 bits per heavy atom. The highest BCUT2D eigenvalue weighted by molar-refractivity contribution is 7.89. The number of halogens is 3. The summed E-state index contributed by atoms with van der Waals surface area (Å²) < 4.78 is 61.5. The van der Waals surface area contributed by atoms with Crippen LogP contribution in [0.15, 0.2) is 11.1 Å². The molecule has 1 heterocycles. The SMILES string of the molecule is N#Cc1nc(S(N)(=O)=O)cc(OC(F)(F)F)c1N. The van der Waals surface area contributed by atoms with Crippen molar-refractivity contribution in [2.24, 2.45) is 5.14 Å². The van der Waals surface area contributed by atoms with Crippen molar-refractivity contribution in [1.29, 1.82) is 5.26 Å². The number of rotatable bonds is 2. The van der Waals surface area contributed by atoms with E-state index in [9.17, 15) is 21.6 Å². The molecule has 0 saturated carbocycles. The number of nitrogens with two attached hydrogens (primary N) is 2. The van der Waals surface area contributed by atoms with Gasteiger partial charge in [0.1, 0.15) is 11.8 Å². The van der Waals surface area contributed by atoms with E-state index < -0.39 is 38.5 Å². The molecule has 0 fully saturated rings. The molecule has 0 aromatic carbocycles. The Kier molecular flexibility index (Phi) is 3.36. The first-order chi connectivity index (χ1) is 8.04. The Morgan fingerprint density at radius 2 is 2.00 bits per heavy atom. The average molecular weight is 282 g/mol. The molecule has 1 aromatic rings. The number of hydrogen-bond acceptors (Lipinski definition) is 6. The van der Waals surface area contributed by atoms with Gasteiger partial charge in [0.05, 0.1) is 0 Å². The molecule has 18 heavy (non-hydrogen) atoms. The standard InChI is InChI=1S/C7H5F3N4O3S/c8-7(9,10)17-4-1-5(18(13,15)16)14-3(2-11)6(4)12/h1H,12H2,(H2,13,15,16). The van der Waals surface area contributed by atoms with Crippen LogP contribution in [0.25, 0.3) is 0 Å². The maximum absolute atomic E-state index is 12.0. The van der Waals surface area contributed by atoms with Crippen LogP contribution >= 0.6 is 0 Å². The fourth-order valence-electron chi connectivity index (χ4n) is 0.949. The number of pyridine rings is 1. The highest BCUT2D eigenvalue weighted by Gasteiger charge is 2.33. The van der Waals surface area contributed by atoms with Gasteiger partial charge in [-0.05, 0) is 0 Å². The summed E-state index contributed by atoms with van der Waals surface area (Å²) in [5.74, 6) is -1.06. The minimum Gasteiger partial charge on any atom is -0.403 e. The Hall–Kier alpha value is -2.06. The monoisotopic (exact) mass is 282 g/mol. The smallest absolute Gasteiger partial charge is 0.403 e. The molecule has 0 unspecified atom stereocenters. The molecule has 11 heteroatoms. The first-order valence-corrected chi connectivity index (χ1v) is 5.58. The van der Waals surface area contributed by atoms with Gasteiger partial charge < -0.3 is 10.5 Å². The predicted octanol–water partition coefficient (Wildman–Crippen LogP) is 0.0815. The van der Waals surface area contributed by atoms with Crippen LogP contribution in [0.3, 0.4) is 0 Å². The summed E-state index contributed by atoms with van der Waals surface area (Å²) in [5, 5.41) is 12.3. The number of nitriles is 1. The number of aromatic nitrogens is 1. The quantitative estimate of drug-likeness (QED) is 0.789. The Morgan fingerprint density at radius 3 is 2.39 bits per heavy atom. The third kappa shape index (κ3) is 3.22. The van der Waals surface area contributed by atoms with E-state index in [4.69, 9.17) is 11.0 Å². The predicted molar refractivity (Wildman–Crippen MR) is 51.4 cm³/mol. The van der Waals surface area contributed by atoms with E-state index in [2.05, 4.69) is 14.9 Å². The Balaban J connectivity index is 3.48. The van der Waals surface area contributed by atoms with Crippen LogP contribution in [0.2, 0.25) is 0 Å². The zero-order valence-corrected chi connectivity index (χ0v) is 9.21. The summed E-state index contributed by atoms with van der Waals surface area (Å²) >= 11 is 0. The number of hydrogen-bond donors (Lipinski definition) is 2. The minimum absolute atomic E-state index is 0.388. The normalized spacial score (nSPS) is 11.9. The molecule has 0 aliphatic carbocycles. The van der Waals surface area contributed by atoms with Crippen molar-refractivity contribution < 1.29 is 26.3 Å². The van der Waals surface area contributed by atoms with Crippen molar-refractivity contribution in [1.82, 2.24) is 4.98 Å². The molecule has 0 aliphatic heterocycles. The van der Waals surface area contributed by atoms with Gasteiger partial charge in [-0.2, -0.15) is 5.26 Å². The molecule has 0 spiro atoms. The third-order valence-electron chi connectivity index (χ3n) is 1.62. The van der Waals surface area contributed by atoms with Gasteiger partial charge in [-0.3, -0.25) is 0 Å². The summed E-state index contributed by atoms with van der Waals surface area (Å²) in [5.41, 5.74) is 3.70. The lowest BCUT2D eigenvalue weighted by Crippen LogP contribution is -2.20. The van der Waals surface area contributed by atoms with Gasteiger partial charge in [-0.25, -0.2) is 18.5 Å². The summed E-state index contributed by atoms with van der Waals surface area (Å²) in [6.07, 6.45) is -5.10. The number of nitrogen functional groups attached to an aromatic ring is 1. The molecule has 0 bridgehead atoms. The second kappa shape index (κ2) is 4.31. The van der Waals surface area contributed by atoms with Crippen LogP contribution < -0.4 is 15.6 Å². The zero-order chi connectivity index (χ0) is 14.1. The minimum atomic E-state index is -5.10. The second-order valence-electron chi connectivity index (χ2n) is 2.93. The van der Waals surface area contributed by atoms with Gasteiger partial charge >= 0.3 is 6.36 Å². The molecule has 0 atom stereocenters.